The van der Waals surface area contributed by atoms with Crippen molar-refractivity contribution in [1.29, 1.82) is 0 Å². The molecule has 0 bridgehead atoms. The van der Waals surface area contributed by atoms with E-state index in [9.17, 15) is 9.59 Å². The van der Waals surface area contributed by atoms with Crippen LogP contribution in [0.2, 0.25) is 0 Å². The number of fused-ring (bicyclic) bond motifs is 1. The number of rotatable bonds is 7. The summed E-state index contributed by atoms with van der Waals surface area (Å²) >= 11 is 0. The lowest BCUT2D eigenvalue weighted by Crippen LogP contribution is -2.16. The Morgan fingerprint density at radius 2 is 1.95 bits per heavy atom. The summed E-state index contributed by atoms with van der Waals surface area (Å²) in [5.41, 5.74) is 6.20. The fraction of sp³-hybridized carbons (Fsp3) is 0.375. The first kappa shape index (κ1) is 14.3. The first-order chi connectivity index (χ1) is 9.59. The van der Waals surface area contributed by atoms with Crippen LogP contribution >= 0.6 is 0 Å². The minimum atomic E-state index is -0.282. The summed E-state index contributed by atoms with van der Waals surface area (Å²) in [7, 11) is 0. The summed E-state index contributed by atoms with van der Waals surface area (Å²) in [4.78, 5) is 22.6. The molecular formula is C16H20N2O2. The number of hydrogen-bond acceptors (Lipinski definition) is 2. The van der Waals surface area contributed by atoms with E-state index in [-0.39, 0.29) is 17.7 Å². The number of amides is 1. The maximum atomic E-state index is 11.9. The number of hydrogen-bond donors (Lipinski definition) is 1. The molecule has 0 aliphatic rings. The molecule has 1 unspecified atom stereocenters. The van der Waals surface area contributed by atoms with Crippen LogP contribution in [0.4, 0.5) is 0 Å². The van der Waals surface area contributed by atoms with Crippen LogP contribution in [0.1, 0.15) is 38.6 Å². The quantitative estimate of drug-likeness (QED) is 0.788. The van der Waals surface area contributed by atoms with Crippen molar-refractivity contribution in [1.82, 2.24) is 4.57 Å². The molecule has 0 radical (unpaired) electrons. The summed E-state index contributed by atoms with van der Waals surface area (Å²) in [5.74, 6) is -0.138. The summed E-state index contributed by atoms with van der Waals surface area (Å²) in [5, 5.41) is 1.14. The van der Waals surface area contributed by atoms with Crippen molar-refractivity contribution in [3.05, 3.63) is 36.5 Å². The molecule has 2 aromatic rings. The number of nitrogens with two attached hydrogens (primary N) is 1. The second-order valence-corrected chi connectivity index (χ2v) is 5.12. The summed E-state index contributed by atoms with van der Waals surface area (Å²) in [6.07, 6.45) is 4.64. The molecule has 1 amide bonds. The minimum absolute atomic E-state index is 0.144. The Kier molecular flexibility index (Phi) is 4.56. The van der Waals surface area contributed by atoms with Gasteiger partial charge in [-0.1, -0.05) is 24.6 Å². The fourth-order valence-corrected chi connectivity index (χ4v) is 2.55. The molecule has 2 rings (SSSR count). The molecule has 1 aromatic carbocycles. The van der Waals surface area contributed by atoms with Gasteiger partial charge in [-0.15, -0.1) is 0 Å². The van der Waals surface area contributed by atoms with Crippen LogP contribution < -0.4 is 5.73 Å². The molecule has 0 aliphatic carbocycles. The van der Waals surface area contributed by atoms with Crippen molar-refractivity contribution in [2.45, 2.75) is 38.6 Å². The van der Waals surface area contributed by atoms with Crippen LogP contribution in [0.15, 0.2) is 36.5 Å². The monoisotopic (exact) mass is 272 g/mol. The maximum Gasteiger partial charge on any atom is 0.217 e. The first-order valence-electron chi connectivity index (χ1n) is 6.94. The van der Waals surface area contributed by atoms with Crippen molar-refractivity contribution in [2.75, 3.05) is 0 Å². The molecule has 4 heteroatoms. The lowest BCUT2D eigenvalue weighted by atomic mass is 10.0. The zero-order valence-electron chi connectivity index (χ0n) is 11.7. The van der Waals surface area contributed by atoms with Gasteiger partial charge in [-0.05, 0) is 37.3 Å². The highest BCUT2D eigenvalue weighted by Gasteiger charge is 2.17. The van der Waals surface area contributed by atoms with Gasteiger partial charge in [0.2, 0.25) is 5.91 Å². The van der Waals surface area contributed by atoms with Gasteiger partial charge in [0.05, 0.1) is 6.04 Å². The molecule has 0 spiro atoms. The number of unbranched alkanes of at least 4 members (excludes halogenated alkanes) is 1. The molecule has 20 heavy (non-hydrogen) atoms. The smallest absolute Gasteiger partial charge is 0.217 e. The second-order valence-electron chi connectivity index (χ2n) is 5.12. The van der Waals surface area contributed by atoms with Crippen LogP contribution in [-0.4, -0.2) is 16.3 Å². The number of ketones is 1. The van der Waals surface area contributed by atoms with E-state index in [0.717, 1.165) is 30.2 Å². The summed E-state index contributed by atoms with van der Waals surface area (Å²) in [6.45, 7) is 1.62. The molecule has 106 valence electrons. The van der Waals surface area contributed by atoms with Gasteiger partial charge in [-0.3, -0.25) is 9.59 Å². The zero-order chi connectivity index (χ0) is 14.5. The molecule has 2 N–H and O–H groups in total. The van der Waals surface area contributed by atoms with Gasteiger partial charge in [-0.2, -0.15) is 0 Å². The first-order valence-corrected chi connectivity index (χ1v) is 6.94. The highest BCUT2D eigenvalue weighted by molar-refractivity contribution is 5.85. The van der Waals surface area contributed by atoms with E-state index in [0.29, 0.717) is 6.42 Å². The largest absolute Gasteiger partial charge is 0.370 e. The van der Waals surface area contributed by atoms with Crippen molar-refractivity contribution in [3.8, 4) is 0 Å². The molecule has 0 fully saturated rings. The number of para-hydroxylation sites is 1. The lowest BCUT2D eigenvalue weighted by molar-refractivity contribution is -0.120. The third-order valence-electron chi connectivity index (χ3n) is 3.59. The van der Waals surface area contributed by atoms with Gasteiger partial charge in [0, 0.05) is 18.1 Å². The molecule has 1 atom stereocenters. The molecule has 0 saturated carbocycles. The number of Topliss-reactive ketones (excluding diaryl/α,β-unsaturated/α-hetero) is 1. The van der Waals surface area contributed by atoms with Gasteiger partial charge >= 0.3 is 0 Å². The van der Waals surface area contributed by atoms with Crippen LogP contribution in [0.3, 0.4) is 0 Å². The molecule has 1 aromatic heterocycles. The highest BCUT2D eigenvalue weighted by Crippen LogP contribution is 2.24. The van der Waals surface area contributed by atoms with Crippen LogP contribution in [0, 0.1) is 0 Å². The van der Waals surface area contributed by atoms with Crippen molar-refractivity contribution in [2.24, 2.45) is 5.73 Å². The third-order valence-corrected chi connectivity index (χ3v) is 3.59. The number of primary amides is 1. The summed E-state index contributed by atoms with van der Waals surface area (Å²) < 4.78 is 2.03. The Labute approximate surface area is 118 Å². The van der Waals surface area contributed by atoms with Crippen LogP contribution in [-0.2, 0) is 9.59 Å². The maximum absolute atomic E-state index is 11.9. The third kappa shape index (κ3) is 3.26. The Bertz CT molecular complexity index is 616. The molecule has 4 nitrogen and oxygen atoms in total. The molecule has 0 aliphatic heterocycles. The molecule has 0 saturated heterocycles. The van der Waals surface area contributed by atoms with E-state index in [1.807, 2.05) is 41.1 Å². The van der Waals surface area contributed by atoms with Gasteiger partial charge in [0.15, 0.2) is 5.78 Å². The highest BCUT2D eigenvalue weighted by atomic mass is 16.1. The average molecular weight is 272 g/mol. The lowest BCUT2D eigenvalue weighted by Gasteiger charge is -2.17. The topological polar surface area (TPSA) is 65.1 Å². The fourth-order valence-electron chi connectivity index (χ4n) is 2.55. The standard InChI is InChI=1S/C16H20N2O2/c1-12(19)14(7-4-5-9-16(17)20)18-11-10-13-6-2-3-8-15(13)18/h2-3,6,8,10-11,14H,4-5,7,9H2,1H3,(H2,17,20). The number of aromatic nitrogens is 1. The van der Waals surface area contributed by atoms with Crippen LogP contribution in [0.25, 0.3) is 10.9 Å². The van der Waals surface area contributed by atoms with Gasteiger partial charge in [-0.25, -0.2) is 0 Å². The Hall–Kier alpha value is -2.10. The van der Waals surface area contributed by atoms with E-state index >= 15 is 0 Å². The zero-order valence-corrected chi connectivity index (χ0v) is 11.7. The SMILES string of the molecule is CC(=O)C(CCCCC(N)=O)n1ccc2ccccc21. The molecule has 1 heterocycles. The Balaban J connectivity index is 2.12. The predicted molar refractivity (Wildman–Crippen MR) is 79.3 cm³/mol. The number of benzene rings is 1. The number of nitrogens with zero attached hydrogens (tertiary/aromatic N) is 1. The van der Waals surface area contributed by atoms with Crippen molar-refractivity contribution >= 4 is 22.6 Å². The van der Waals surface area contributed by atoms with Gasteiger partial charge in [0.25, 0.3) is 0 Å². The Morgan fingerprint density at radius 1 is 1.20 bits per heavy atom. The van der Waals surface area contributed by atoms with E-state index in [2.05, 4.69) is 0 Å². The minimum Gasteiger partial charge on any atom is -0.370 e. The molecular weight excluding hydrogens is 252 g/mol. The van der Waals surface area contributed by atoms with Crippen molar-refractivity contribution in [3.63, 3.8) is 0 Å². The average Bonchev–Trinajstić information content (AvgIpc) is 2.82. The second kappa shape index (κ2) is 6.37. The predicted octanol–water partition coefficient (Wildman–Crippen LogP) is 2.82. The number of carbonyl (C=O) groups excluding carboxylic acids is 2. The van der Waals surface area contributed by atoms with Crippen LogP contribution in [0.5, 0.6) is 0 Å². The van der Waals surface area contributed by atoms with E-state index in [4.69, 9.17) is 5.73 Å². The van der Waals surface area contributed by atoms with E-state index in [1.165, 1.54) is 0 Å². The normalized spacial score (nSPS) is 12.4. The van der Waals surface area contributed by atoms with E-state index < -0.39 is 0 Å². The van der Waals surface area contributed by atoms with Crippen molar-refractivity contribution < 1.29 is 9.59 Å². The summed E-state index contributed by atoms with van der Waals surface area (Å²) in [6, 6.07) is 9.88. The van der Waals surface area contributed by atoms with Gasteiger partial charge in [0.1, 0.15) is 0 Å². The Morgan fingerprint density at radius 3 is 2.65 bits per heavy atom. The van der Waals surface area contributed by atoms with Gasteiger partial charge < -0.3 is 10.3 Å². The number of carbonyl (C=O) groups is 2. The van der Waals surface area contributed by atoms with E-state index in [1.54, 1.807) is 6.92 Å².